The maximum Gasteiger partial charge on any atom is 0.300 e. The van der Waals surface area contributed by atoms with Crippen LogP contribution in [-0.2, 0) is 33.7 Å². The highest BCUT2D eigenvalue weighted by atomic mass is 16.5. The van der Waals surface area contributed by atoms with Crippen molar-refractivity contribution >= 4 is 11.8 Å². The minimum atomic E-state index is -0.833. The van der Waals surface area contributed by atoms with Gasteiger partial charge in [-0.2, -0.15) is 0 Å². The van der Waals surface area contributed by atoms with Crippen LogP contribution in [0, 0.1) is 5.92 Å². The van der Waals surface area contributed by atoms with E-state index < -0.39 is 5.97 Å². The van der Waals surface area contributed by atoms with Gasteiger partial charge in [0.2, 0.25) is 0 Å². The van der Waals surface area contributed by atoms with Crippen LogP contribution in [0.1, 0.15) is 37.0 Å². The average Bonchev–Trinajstić information content (AvgIpc) is 2.70. The summed E-state index contributed by atoms with van der Waals surface area (Å²) in [7, 11) is 0. The van der Waals surface area contributed by atoms with Gasteiger partial charge in [-0.05, 0) is 36.0 Å². The van der Waals surface area contributed by atoms with Gasteiger partial charge >= 0.3 is 0 Å². The van der Waals surface area contributed by atoms with Crippen molar-refractivity contribution in [2.75, 3.05) is 13.2 Å². The summed E-state index contributed by atoms with van der Waals surface area (Å²) in [6.45, 7) is 4.41. The Morgan fingerprint density at radius 1 is 0.964 bits per heavy atom. The number of carbonyl (C=O) groups is 2. The third kappa shape index (κ3) is 10.6. The van der Waals surface area contributed by atoms with Gasteiger partial charge in [0.05, 0.1) is 6.61 Å². The van der Waals surface area contributed by atoms with Crippen LogP contribution in [0.2, 0.25) is 0 Å². The molecule has 2 aromatic rings. The molecule has 2 rings (SSSR count). The molecular formula is C23H31NO4. The number of hydrogen-bond donors (Lipinski definition) is 2. The number of carboxylic acids is 1. The lowest BCUT2D eigenvalue weighted by Crippen LogP contribution is -2.19. The first-order valence-corrected chi connectivity index (χ1v) is 9.54. The van der Waals surface area contributed by atoms with E-state index in [0.717, 1.165) is 31.7 Å². The molecule has 0 fully saturated rings. The van der Waals surface area contributed by atoms with Gasteiger partial charge in [-0.3, -0.25) is 9.59 Å². The fraction of sp³-hybridized carbons (Fsp3) is 0.391. The second-order valence-electron chi connectivity index (χ2n) is 6.73. The van der Waals surface area contributed by atoms with Crippen molar-refractivity contribution < 1.29 is 19.4 Å². The number of aliphatic carboxylic acids is 1. The number of ether oxygens (including phenoxy) is 1. The van der Waals surface area contributed by atoms with Crippen molar-refractivity contribution in [1.29, 1.82) is 0 Å². The zero-order valence-electron chi connectivity index (χ0n) is 16.8. The van der Waals surface area contributed by atoms with E-state index in [4.69, 9.17) is 20.4 Å². The molecule has 2 aromatic carbocycles. The largest absolute Gasteiger partial charge is 0.481 e. The molecule has 5 nitrogen and oxygen atoms in total. The number of rotatable bonds is 10. The molecule has 0 saturated carbocycles. The molecule has 0 amide bonds. The summed E-state index contributed by atoms with van der Waals surface area (Å²) in [6.07, 6.45) is 2.62. The van der Waals surface area contributed by atoms with Gasteiger partial charge in [0.15, 0.2) is 5.78 Å². The van der Waals surface area contributed by atoms with Gasteiger partial charge in [-0.15, -0.1) is 0 Å². The predicted molar refractivity (Wildman–Crippen MR) is 111 cm³/mol. The summed E-state index contributed by atoms with van der Waals surface area (Å²) >= 11 is 0. The Labute approximate surface area is 167 Å². The third-order valence-electron chi connectivity index (χ3n) is 4.30. The zero-order valence-corrected chi connectivity index (χ0v) is 16.8. The molecule has 0 bridgehead atoms. The molecule has 0 unspecified atom stereocenters. The van der Waals surface area contributed by atoms with Gasteiger partial charge in [-0.1, -0.05) is 61.5 Å². The standard InChI is InChI=1S/C21H27NO2.C2H4O2/c1-17(7-8-18-5-3-2-4-6-18)21(23)16-24-14-13-19-9-11-20(15-22)12-10-19;1-2(3)4/h2-6,9-12,17H,7-8,13-16,22H2,1H3;1H3,(H,3,4)/t17-;/m1./s1. The Balaban J connectivity index is 0.000000892. The van der Waals surface area contributed by atoms with Gasteiger partial charge in [0, 0.05) is 19.4 Å². The number of hydrogen-bond acceptors (Lipinski definition) is 4. The average molecular weight is 386 g/mol. The Kier molecular flexibility index (Phi) is 11.5. The third-order valence-corrected chi connectivity index (χ3v) is 4.30. The van der Waals surface area contributed by atoms with E-state index in [-0.39, 0.29) is 18.3 Å². The van der Waals surface area contributed by atoms with Crippen LogP contribution < -0.4 is 5.73 Å². The summed E-state index contributed by atoms with van der Waals surface area (Å²) in [5, 5.41) is 7.42. The number of benzene rings is 2. The normalized spacial score (nSPS) is 11.2. The van der Waals surface area contributed by atoms with E-state index in [1.807, 2.05) is 37.3 Å². The van der Waals surface area contributed by atoms with Gasteiger partial charge in [-0.25, -0.2) is 0 Å². The van der Waals surface area contributed by atoms with Crippen LogP contribution in [0.4, 0.5) is 0 Å². The minimum absolute atomic E-state index is 0.0362. The van der Waals surface area contributed by atoms with Crippen molar-refractivity contribution in [2.45, 2.75) is 39.7 Å². The zero-order chi connectivity index (χ0) is 20.8. The summed E-state index contributed by atoms with van der Waals surface area (Å²) in [6, 6.07) is 18.5. The van der Waals surface area contributed by atoms with Crippen LogP contribution in [0.3, 0.4) is 0 Å². The molecular weight excluding hydrogens is 354 g/mol. The van der Waals surface area contributed by atoms with Gasteiger partial charge in [0.1, 0.15) is 6.61 Å². The fourth-order valence-corrected chi connectivity index (χ4v) is 2.54. The highest BCUT2D eigenvalue weighted by Crippen LogP contribution is 2.11. The van der Waals surface area contributed by atoms with Gasteiger partial charge < -0.3 is 15.6 Å². The topological polar surface area (TPSA) is 89.6 Å². The molecule has 0 aromatic heterocycles. The maximum absolute atomic E-state index is 12.1. The molecule has 152 valence electrons. The molecule has 0 heterocycles. The summed E-state index contributed by atoms with van der Waals surface area (Å²) in [5.41, 5.74) is 9.19. The quantitative estimate of drug-likeness (QED) is 0.610. The van der Waals surface area contributed by atoms with Crippen LogP contribution in [0.25, 0.3) is 0 Å². The summed E-state index contributed by atoms with van der Waals surface area (Å²) in [5.74, 6) is -0.613. The van der Waals surface area contributed by atoms with Crippen molar-refractivity contribution in [2.24, 2.45) is 11.7 Å². The molecule has 0 aliphatic rings. The molecule has 0 aliphatic carbocycles. The van der Waals surface area contributed by atoms with E-state index in [0.29, 0.717) is 13.2 Å². The molecule has 28 heavy (non-hydrogen) atoms. The smallest absolute Gasteiger partial charge is 0.300 e. The second kappa shape index (κ2) is 13.6. The summed E-state index contributed by atoms with van der Waals surface area (Å²) in [4.78, 5) is 21.1. The number of ketones is 1. The molecule has 0 aliphatic heterocycles. The van der Waals surface area contributed by atoms with Crippen LogP contribution in [0.15, 0.2) is 54.6 Å². The first-order valence-electron chi connectivity index (χ1n) is 9.54. The number of carbonyl (C=O) groups excluding carboxylic acids is 1. The Bertz CT molecular complexity index is 694. The van der Waals surface area contributed by atoms with Crippen LogP contribution in [-0.4, -0.2) is 30.1 Å². The number of Topliss-reactive ketones (excluding diaryl/α,β-unsaturated/α-hetero) is 1. The first-order chi connectivity index (χ1) is 13.4. The number of carboxylic acid groups (broad SMARTS) is 1. The SMILES string of the molecule is CC(=O)O.C[C@H](CCc1ccccc1)C(=O)COCCc1ccc(CN)cc1. The van der Waals surface area contributed by atoms with Crippen molar-refractivity contribution in [3.05, 3.63) is 71.3 Å². The van der Waals surface area contributed by atoms with Crippen molar-refractivity contribution in [1.82, 2.24) is 0 Å². The predicted octanol–water partition coefficient (Wildman–Crippen LogP) is 3.63. The van der Waals surface area contributed by atoms with Gasteiger partial charge in [0.25, 0.3) is 5.97 Å². The van der Waals surface area contributed by atoms with Crippen molar-refractivity contribution in [3.8, 4) is 0 Å². The Morgan fingerprint density at radius 2 is 1.50 bits per heavy atom. The van der Waals surface area contributed by atoms with E-state index in [9.17, 15) is 4.79 Å². The Hall–Kier alpha value is -2.50. The minimum Gasteiger partial charge on any atom is -0.481 e. The molecule has 0 saturated heterocycles. The molecule has 3 N–H and O–H groups in total. The Morgan fingerprint density at radius 3 is 2.07 bits per heavy atom. The number of aryl methyl sites for hydroxylation is 1. The van der Waals surface area contributed by atoms with E-state index in [1.165, 1.54) is 11.1 Å². The van der Waals surface area contributed by atoms with Crippen LogP contribution in [0.5, 0.6) is 0 Å². The van der Waals surface area contributed by atoms with E-state index >= 15 is 0 Å². The lowest BCUT2D eigenvalue weighted by molar-refractivity contribution is -0.134. The monoisotopic (exact) mass is 385 g/mol. The molecule has 1 atom stereocenters. The van der Waals surface area contributed by atoms with Crippen LogP contribution >= 0.6 is 0 Å². The number of nitrogens with two attached hydrogens (primary N) is 1. The second-order valence-corrected chi connectivity index (χ2v) is 6.73. The maximum atomic E-state index is 12.1. The molecule has 5 heteroatoms. The van der Waals surface area contributed by atoms with E-state index in [2.05, 4.69) is 24.3 Å². The summed E-state index contributed by atoms with van der Waals surface area (Å²) < 4.78 is 5.55. The lowest BCUT2D eigenvalue weighted by atomic mass is 9.98. The lowest BCUT2D eigenvalue weighted by Gasteiger charge is -2.11. The molecule has 0 spiro atoms. The molecule has 0 radical (unpaired) electrons. The highest BCUT2D eigenvalue weighted by Gasteiger charge is 2.13. The van der Waals surface area contributed by atoms with E-state index in [1.54, 1.807) is 0 Å². The fourth-order valence-electron chi connectivity index (χ4n) is 2.54. The van der Waals surface area contributed by atoms with Crippen molar-refractivity contribution in [3.63, 3.8) is 0 Å². The first kappa shape index (κ1) is 23.5. The highest BCUT2D eigenvalue weighted by molar-refractivity contribution is 5.81.